The summed E-state index contributed by atoms with van der Waals surface area (Å²) in [7, 11) is 0. The van der Waals surface area contributed by atoms with E-state index in [0.29, 0.717) is 17.6 Å². The molecule has 0 amide bonds. The molecule has 2 rings (SSSR count). The molecule has 0 aliphatic carbocycles. The quantitative estimate of drug-likeness (QED) is 0.692. The van der Waals surface area contributed by atoms with Gasteiger partial charge in [0.15, 0.2) is 0 Å². The first-order valence-electron chi connectivity index (χ1n) is 6.67. The lowest BCUT2D eigenvalue weighted by Gasteiger charge is -2.44. The van der Waals surface area contributed by atoms with Gasteiger partial charge in [-0.05, 0) is 26.8 Å². The fraction of sp³-hybridized carbons (Fsp3) is 0.786. The second-order valence-corrected chi connectivity index (χ2v) is 6.15. The molecule has 2 aliphatic heterocycles. The molecule has 1 saturated heterocycles. The van der Waals surface area contributed by atoms with E-state index in [1.165, 1.54) is 0 Å². The van der Waals surface area contributed by atoms with Gasteiger partial charge in [-0.2, -0.15) is 0 Å². The van der Waals surface area contributed by atoms with Crippen molar-refractivity contribution in [2.45, 2.75) is 39.4 Å². The number of piperazine rings is 1. The zero-order chi connectivity index (χ0) is 12.5. The van der Waals surface area contributed by atoms with Crippen molar-refractivity contribution in [3.8, 4) is 0 Å². The third-order valence-electron chi connectivity index (χ3n) is 3.85. The summed E-state index contributed by atoms with van der Waals surface area (Å²) in [5.41, 5.74) is 0.299. The Balaban J connectivity index is 1.91. The van der Waals surface area contributed by atoms with Gasteiger partial charge in [0.05, 0.1) is 0 Å². The lowest BCUT2D eigenvalue weighted by Crippen LogP contribution is -2.56. The first-order valence-corrected chi connectivity index (χ1v) is 6.67. The topological polar surface area (TPSA) is 18.8 Å². The van der Waals surface area contributed by atoms with Crippen molar-refractivity contribution < 1.29 is 0 Å². The van der Waals surface area contributed by atoms with E-state index in [2.05, 4.69) is 54.6 Å². The molecule has 2 atom stereocenters. The van der Waals surface area contributed by atoms with Crippen LogP contribution >= 0.6 is 0 Å². The summed E-state index contributed by atoms with van der Waals surface area (Å²) in [5, 5.41) is 0. The summed E-state index contributed by atoms with van der Waals surface area (Å²) >= 11 is 0. The van der Waals surface area contributed by atoms with Crippen molar-refractivity contribution in [3.63, 3.8) is 0 Å². The van der Waals surface area contributed by atoms with Gasteiger partial charge in [0, 0.05) is 43.9 Å². The predicted molar refractivity (Wildman–Crippen MR) is 73.5 cm³/mol. The van der Waals surface area contributed by atoms with Gasteiger partial charge in [0.25, 0.3) is 0 Å². The van der Waals surface area contributed by atoms with Crippen molar-refractivity contribution in [1.29, 1.82) is 0 Å². The number of nitrogens with zero attached hydrogens (tertiary/aromatic N) is 3. The van der Waals surface area contributed by atoms with E-state index in [4.69, 9.17) is 0 Å². The van der Waals surface area contributed by atoms with Crippen LogP contribution in [-0.4, -0.2) is 53.9 Å². The lowest BCUT2D eigenvalue weighted by molar-refractivity contribution is 0.0360. The van der Waals surface area contributed by atoms with Crippen molar-refractivity contribution >= 4 is 6.21 Å². The van der Waals surface area contributed by atoms with Crippen LogP contribution in [0.25, 0.3) is 0 Å². The zero-order valence-electron chi connectivity index (χ0n) is 11.6. The molecule has 2 unspecified atom stereocenters. The Kier molecular flexibility index (Phi) is 3.69. The predicted octanol–water partition coefficient (Wildman–Crippen LogP) is 2.01. The molecule has 1 fully saturated rings. The normalized spacial score (nSPS) is 32.0. The molecular weight excluding hydrogens is 210 g/mol. The van der Waals surface area contributed by atoms with E-state index in [9.17, 15) is 0 Å². The summed E-state index contributed by atoms with van der Waals surface area (Å²) in [4.78, 5) is 9.70. The van der Waals surface area contributed by atoms with Gasteiger partial charge < -0.3 is 0 Å². The van der Waals surface area contributed by atoms with Crippen molar-refractivity contribution in [1.82, 2.24) is 9.80 Å². The third-order valence-corrected chi connectivity index (χ3v) is 3.85. The molecule has 0 aromatic heterocycles. The minimum Gasteiger partial charge on any atom is -0.296 e. The molecule has 0 aromatic carbocycles. The maximum absolute atomic E-state index is 4.62. The van der Waals surface area contributed by atoms with Crippen molar-refractivity contribution in [2.24, 2.45) is 10.9 Å². The molecule has 2 heterocycles. The van der Waals surface area contributed by atoms with Gasteiger partial charge in [-0.3, -0.25) is 14.8 Å². The Bertz CT molecular complexity index is 306. The Morgan fingerprint density at radius 3 is 2.29 bits per heavy atom. The summed E-state index contributed by atoms with van der Waals surface area (Å²) in [6.07, 6.45) is 6.63. The second kappa shape index (κ2) is 4.91. The summed E-state index contributed by atoms with van der Waals surface area (Å²) < 4.78 is 0. The van der Waals surface area contributed by atoms with Gasteiger partial charge in [-0.25, -0.2) is 0 Å². The maximum Gasteiger partial charge on any atom is 0.108 e. The number of rotatable bonds is 1. The van der Waals surface area contributed by atoms with E-state index in [-0.39, 0.29) is 0 Å². The minimum atomic E-state index is 0.299. The Morgan fingerprint density at radius 2 is 1.76 bits per heavy atom. The van der Waals surface area contributed by atoms with Crippen molar-refractivity contribution in [3.05, 3.63) is 12.2 Å². The standard InChI is InChI=1S/C14H25N3/c1-12-6-5-7-15-13(12)16-8-10-17(11-9-16)14(2,3)4/h5-7,12-13H,8-11H2,1-4H3. The third kappa shape index (κ3) is 2.96. The molecule has 96 valence electrons. The molecule has 17 heavy (non-hydrogen) atoms. The molecule has 0 radical (unpaired) electrons. The Labute approximate surface area is 105 Å². The summed E-state index contributed by atoms with van der Waals surface area (Å²) in [6, 6.07) is 0. The molecular formula is C14H25N3. The first-order chi connectivity index (χ1) is 7.98. The lowest BCUT2D eigenvalue weighted by atomic mass is 10.0. The number of hydrogen-bond donors (Lipinski definition) is 0. The number of allylic oxidation sites excluding steroid dienone is 1. The highest BCUT2D eigenvalue weighted by atomic mass is 15.3. The number of hydrogen-bond acceptors (Lipinski definition) is 3. The number of dihydropyridines is 1. The fourth-order valence-electron chi connectivity index (χ4n) is 2.68. The molecule has 0 aromatic rings. The second-order valence-electron chi connectivity index (χ2n) is 6.15. The van der Waals surface area contributed by atoms with E-state index in [1.807, 2.05) is 6.21 Å². The van der Waals surface area contributed by atoms with Crippen LogP contribution in [0.15, 0.2) is 17.1 Å². The van der Waals surface area contributed by atoms with Crippen LogP contribution in [0.1, 0.15) is 27.7 Å². The molecule has 0 spiro atoms. The van der Waals surface area contributed by atoms with Crippen LogP contribution in [0.4, 0.5) is 0 Å². The summed E-state index contributed by atoms with van der Waals surface area (Å²) in [5.74, 6) is 0.543. The van der Waals surface area contributed by atoms with Gasteiger partial charge in [0.1, 0.15) is 6.17 Å². The van der Waals surface area contributed by atoms with Crippen molar-refractivity contribution in [2.75, 3.05) is 26.2 Å². The highest BCUT2D eigenvalue weighted by Gasteiger charge is 2.30. The Hall–Kier alpha value is -0.670. The van der Waals surface area contributed by atoms with E-state index >= 15 is 0 Å². The minimum absolute atomic E-state index is 0.299. The molecule has 3 nitrogen and oxygen atoms in total. The van der Waals surface area contributed by atoms with Gasteiger partial charge >= 0.3 is 0 Å². The average Bonchev–Trinajstić information content (AvgIpc) is 2.29. The zero-order valence-corrected chi connectivity index (χ0v) is 11.6. The molecule has 0 saturated carbocycles. The highest BCUT2D eigenvalue weighted by Crippen LogP contribution is 2.21. The van der Waals surface area contributed by atoms with E-state index in [0.717, 1.165) is 26.2 Å². The first kappa shape index (κ1) is 12.8. The fourth-order valence-corrected chi connectivity index (χ4v) is 2.68. The van der Waals surface area contributed by atoms with E-state index in [1.54, 1.807) is 0 Å². The molecule has 0 N–H and O–H groups in total. The van der Waals surface area contributed by atoms with Crippen LogP contribution in [0.2, 0.25) is 0 Å². The van der Waals surface area contributed by atoms with Crippen LogP contribution < -0.4 is 0 Å². The smallest absolute Gasteiger partial charge is 0.108 e. The molecule has 0 bridgehead atoms. The highest BCUT2D eigenvalue weighted by molar-refractivity contribution is 5.72. The largest absolute Gasteiger partial charge is 0.296 e. The monoisotopic (exact) mass is 235 g/mol. The molecule has 2 aliphatic rings. The van der Waals surface area contributed by atoms with Crippen LogP contribution in [0.5, 0.6) is 0 Å². The average molecular weight is 235 g/mol. The SMILES string of the molecule is CC1C=CC=NC1N1CCN(C(C)(C)C)CC1. The van der Waals surface area contributed by atoms with Crippen LogP contribution in [0.3, 0.4) is 0 Å². The van der Waals surface area contributed by atoms with Gasteiger partial charge in [-0.15, -0.1) is 0 Å². The van der Waals surface area contributed by atoms with Crippen LogP contribution in [0, 0.1) is 5.92 Å². The summed E-state index contributed by atoms with van der Waals surface area (Å²) in [6.45, 7) is 13.7. The van der Waals surface area contributed by atoms with E-state index < -0.39 is 0 Å². The van der Waals surface area contributed by atoms with Gasteiger partial charge in [0.2, 0.25) is 0 Å². The number of aliphatic imine (C=N–C) groups is 1. The van der Waals surface area contributed by atoms with Gasteiger partial charge in [-0.1, -0.05) is 13.0 Å². The maximum atomic E-state index is 4.62. The Morgan fingerprint density at radius 1 is 1.12 bits per heavy atom. The molecule has 3 heteroatoms. The van der Waals surface area contributed by atoms with Crippen LogP contribution in [-0.2, 0) is 0 Å².